The lowest BCUT2D eigenvalue weighted by atomic mass is 9.90. The van der Waals surface area contributed by atoms with Crippen LogP contribution in [0.2, 0.25) is 0 Å². The zero-order valence-electron chi connectivity index (χ0n) is 23.5. The third kappa shape index (κ3) is 7.90. The number of nitrogens with one attached hydrogen (secondary N) is 3. The second kappa shape index (κ2) is 14.2. The molecule has 1 aliphatic rings. The molecule has 9 nitrogen and oxygen atoms in total. The smallest absolute Gasteiger partial charge is 0.330 e. The van der Waals surface area contributed by atoms with Gasteiger partial charge in [0.15, 0.2) is 5.69 Å². The predicted molar refractivity (Wildman–Crippen MR) is 155 cm³/mol. The van der Waals surface area contributed by atoms with Crippen LogP contribution in [0.15, 0.2) is 79.3 Å². The number of rotatable bonds is 12. The first kappa shape index (κ1) is 30.1. The van der Waals surface area contributed by atoms with Crippen LogP contribution in [-0.2, 0) is 25.7 Å². The van der Waals surface area contributed by atoms with E-state index < -0.39 is 29.4 Å². The molecule has 1 aliphatic carbocycles. The van der Waals surface area contributed by atoms with Crippen molar-refractivity contribution >= 4 is 11.9 Å². The number of carbonyl (C=O) groups excluding carboxylic acids is 1. The van der Waals surface area contributed by atoms with Gasteiger partial charge in [-0.15, -0.1) is 0 Å². The highest BCUT2D eigenvalue weighted by Crippen LogP contribution is 2.36. The molecule has 43 heavy (non-hydrogen) atoms. The number of aromatic nitrogens is 4. The van der Waals surface area contributed by atoms with Gasteiger partial charge >= 0.3 is 6.18 Å². The first-order valence-corrected chi connectivity index (χ1v) is 14.2. The summed E-state index contributed by atoms with van der Waals surface area (Å²) in [4.78, 5) is 32.1. The maximum absolute atomic E-state index is 14.3. The lowest BCUT2D eigenvalue weighted by molar-refractivity contribution is -0.141. The number of amides is 1. The van der Waals surface area contributed by atoms with Crippen molar-refractivity contribution in [1.29, 1.82) is 0 Å². The van der Waals surface area contributed by atoms with Gasteiger partial charge in [0.1, 0.15) is 0 Å². The molecule has 1 atom stereocenters. The minimum Gasteiger partial charge on any atom is -0.330 e. The number of aryl methyl sites for hydroxylation is 1. The average molecular weight is 591 g/mol. The van der Waals surface area contributed by atoms with Gasteiger partial charge < -0.3 is 10.2 Å². The molecule has 1 aromatic carbocycles. The highest BCUT2D eigenvalue weighted by Gasteiger charge is 2.41. The molecule has 0 fully saturated rings. The summed E-state index contributed by atoms with van der Waals surface area (Å²) >= 11 is 0. The molecule has 3 heterocycles. The Labute approximate surface area is 248 Å². The van der Waals surface area contributed by atoms with Crippen molar-refractivity contribution < 1.29 is 18.0 Å². The number of alkyl halides is 3. The quantitative estimate of drug-likeness (QED) is 0.155. The third-order valence-electron chi connectivity index (χ3n) is 7.21. The summed E-state index contributed by atoms with van der Waals surface area (Å²) in [5.41, 5.74) is 7.09. The number of hydrogen-bond acceptors (Lipinski definition) is 8. The third-order valence-corrected chi connectivity index (χ3v) is 7.21. The van der Waals surface area contributed by atoms with Gasteiger partial charge in [-0.1, -0.05) is 42.5 Å². The first-order valence-electron chi connectivity index (χ1n) is 14.2. The highest BCUT2D eigenvalue weighted by molar-refractivity contribution is 5.95. The van der Waals surface area contributed by atoms with Crippen molar-refractivity contribution in [2.75, 3.05) is 18.5 Å². The number of anilines is 1. The lowest BCUT2D eigenvalue weighted by Crippen LogP contribution is -2.40. The van der Waals surface area contributed by atoms with E-state index in [1.807, 2.05) is 60.7 Å². The fourth-order valence-electron chi connectivity index (χ4n) is 5.17. The van der Waals surface area contributed by atoms with E-state index in [1.54, 1.807) is 12.4 Å². The number of halogens is 3. The predicted octanol–water partition coefficient (Wildman–Crippen LogP) is 5.10. The Morgan fingerprint density at radius 1 is 0.953 bits per heavy atom. The topological polar surface area (TPSA) is 108 Å². The molecular weight excluding hydrogens is 557 g/mol. The normalized spacial score (nSPS) is 14.6. The standard InChI is InChI=1S/C31H33F3N8O/c32-31(33,34)28-25(21-38-30(40-28)41-39-19-22-9-2-1-3-10-22)29(43)42(18-8-15-35-20-24-13-4-5-16-36-24)26-14-6-11-23-12-7-17-37-27(23)26/h1-5,7,9-10,12-13,16-17,21,26,35,39H,6,8,11,14-15,18-20H2,(H,38,40,41). The molecule has 0 spiro atoms. The van der Waals surface area contributed by atoms with Gasteiger partial charge in [0.2, 0.25) is 5.95 Å². The van der Waals surface area contributed by atoms with Crippen LogP contribution in [0.4, 0.5) is 19.1 Å². The Morgan fingerprint density at radius 2 is 1.77 bits per heavy atom. The molecule has 3 aromatic heterocycles. The van der Waals surface area contributed by atoms with Crippen molar-refractivity contribution in [2.45, 2.75) is 51.0 Å². The van der Waals surface area contributed by atoms with E-state index in [0.717, 1.165) is 41.6 Å². The zero-order chi connectivity index (χ0) is 30.1. The highest BCUT2D eigenvalue weighted by atomic mass is 19.4. The van der Waals surface area contributed by atoms with Crippen molar-refractivity contribution in [2.24, 2.45) is 0 Å². The number of fused-ring (bicyclic) bond motifs is 1. The number of hydrazine groups is 1. The summed E-state index contributed by atoms with van der Waals surface area (Å²) in [6.07, 6.45) is 2.17. The van der Waals surface area contributed by atoms with Gasteiger partial charge in [0, 0.05) is 38.2 Å². The van der Waals surface area contributed by atoms with Crippen LogP contribution in [0.1, 0.15) is 63.9 Å². The fraction of sp³-hybridized carbons (Fsp3) is 0.323. The lowest BCUT2D eigenvalue weighted by Gasteiger charge is -2.35. The molecule has 0 bridgehead atoms. The minimum absolute atomic E-state index is 0.227. The van der Waals surface area contributed by atoms with E-state index in [1.165, 1.54) is 4.90 Å². The Morgan fingerprint density at radius 3 is 2.56 bits per heavy atom. The summed E-state index contributed by atoms with van der Waals surface area (Å²) in [7, 11) is 0. The van der Waals surface area contributed by atoms with E-state index in [4.69, 9.17) is 0 Å². The zero-order valence-corrected chi connectivity index (χ0v) is 23.5. The van der Waals surface area contributed by atoms with Crippen LogP contribution in [0.3, 0.4) is 0 Å². The van der Waals surface area contributed by atoms with E-state index in [0.29, 0.717) is 32.5 Å². The first-order chi connectivity index (χ1) is 20.9. The molecule has 12 heteroatoms. The number of pyridine rings is 2. The average Bonchev–Trinajstić information content (AvgIpc) is 3.03. The SMILES string of the molecule is O=C(c1cnc(NNCc2ccccc2)nc1C(F)(F)F)N(CCCNCc1ccccn1)C1CCCc2cccnc21. The van der Waals surface area contributed by atoms with Gasteiger partial charge in [0.05, 0.1) is 23.0 Å². The molecule has 0 saturated carbocycles. The minimum atomic E-state index is -4.87. The molecule has 0 saturated heterocycles. The van der Waals surface area contributed by atoms with Gasteiger partial charge in [0.25, 0.3) is 5.91 Å². The Balaban J connectivity index is 1.35. The molecule has 1 amide bonds. The van der Waals surface area contributed by atoms with Crippen LogP contribution >= 0.6 is 0 Å². The number of carbonyl (C=O) groups is 1. The second-order valence-electron chi connectivity index (χ2n) is 10.2. The van der Waals surface area contributed by atoms with E-state index >= 15 is 0 Å². The number of benzene rings is 1. The molecule has 3 N–H and O–H groups in total. The van der Waals surface area contributed by atoms with Crippen LogP contribution in [0, 0.1) is 0 Å². The van der Waals surface area contributed by atoms with Crippen molar-refractivity contribution in [3.63, 3.8) is 0 Å². The van der Waals surface area contributed by atoms with E-state index in [2.05, 4.69) is 36.1 Å². The largest absolute Gasteiger partial charge is 0.434 e. The van der Waals surface area contributed by atoms with Crippen molar-refractivity contribution in [3.8, 4) is 0 Å². The van der Waals surface area contributed by atoms with Crippen LogP contribution in [0.25, 0.3) is 0 Å². The van der Waals surface area contributed by atoms with E-state index in [-0.39, 0.29) is 12.5 Å². The molecule has 5 rings (SSSR count). The fourth-order valence-corrected chi connectivity index (χ4v) is 5.17. The summed E-state index contributed by atoms with van der Waals surface area (Å²) < 4.78 is 42.9. The van der Waals surface area contributed by atoms with Crippen molar-refractivity contribution in [1.82, 2.24) is 35.6 Å². The molecule has 224 valence electrons. The maximum Gasteiger partial charge on any atom is 0.434 e. The summed E-state index contributed by atoms with van der Waals surface area (Å²) in [5, 5.41) is 3.30. The molecule has 4 aromatic rings. The van der Waals surface area contributed by atoms with Crippen molar-refractivity contribution in [3.05, 3.63) is 113 Å². The van der Waals surface area contributed by atoms with Crippen LogP contribution < -0.4 is 16.2 Å². The van der Waals surface area contributed by atoms with Gasteiger partial charge in [-0.05, 0) is 61.6 Å². The summed E-state index contributed by atoms with van der Waals surface area (Å²) in [6.45, 7) is 1.65. The second-order valence-corrected chi connectivity index (χ2v) is 10.2. The monoisotopic (exact) mass is 590 g/mol. The van der Waals surface area contributed by atoms with Crippen LogP contribution in [-0.4, -0.2) is 43.8 Å². The van der Waals surface area contributed by atoms with Gasteiger partial charge in [-0.2, -0.15) is 13.2 Å². The maximum atomic E-state index is 14.3. The molecule has 0 aliphatic heterocycles. The van der Waals surface area contributed by atoms with Gasteiger partial charge in [-0.3, -0.25) is 20.2 Å². The Kier molecular flexibility index (Phi) is 9.90. The van der Waals surface area contributed by atoms with Gasteiger partial charge in [-0.25, -0.2) is 15.4 Å². The Hall–Kier alpha value is -4.42. The summed E-state index contributed by atoms with van der Waals surface area (Å²) in [6, 6.07) is 18.3. The van der Waals surface area contributed by atoms with E-state index in [9.17, 15) is 18.0 Å². The number of nitrogens with zero attached hydrogens (tertiary/aromatic N) is 5. The molecular formula is C31H33F3N8O. The number of hydrogen-bond donors (Lipinski definition) is 3. The summed E-state index contributed by atoms with van der Waals surface area (Å²) in [5.74, 6) is -1.06. The van der Waals surface area contributed by atoms with Crippen LogP contribution in [0.5, 0.6) is 0 Å². The molecule has 0 radical (unpaired) electrons. The Bertz CT molecular complexity index is 1490. The molecule has 1 unspecified atom stereocenters.